The molecule has 0 saturated carbocycles. The Morgan fingerprint density at radius 3 is 2.75 bits per heavy atom. The maximum Gasteiger partial charge on any atom is 0.333 e. The summed E-state index contributed by atoms with van der Waals surface area (Å²) >= 11 is 0. The van der Waals surface area contributed by atoms with Crippen molar-refractivity contribution in [3.63, 3.8) is 0 Å². The molecule has 1 amide bonds. The molecule has 1 fully saturated rings. The summed E-state index contributed by atoms with van der Waals surface area (Å²) in [6.45, 7) is 2.84. The SMILES string of the molecule is CCCCCCN1C(=O)CC12C=CC(=O)O2. The maximum atomic E-state index is 11.5. The minimum Gasteiger partial charge on any atom is -0.431 e. The summed E-state index contributed by atoms with van der Waals surface area (Å²) in [6.07, 6.45) is 7.88. The third-order valence-electron chi connectivity index (χ3n) is 3.15. The maximum absolute atomic E-state index is 11.5. The van der Waals surface area contributed by atoms with Gasteiger partial charge in [0.25, 0.3) is 0 Å². The van der Waals surface area contributed by atoms with Gasteiger partial charge in [0.15, 0.2) is 0 Å². The van der Waals surface area contributed by atoms with E-state index in [1.54, 1.807) is 11.0 Å². The lowest BCUT2D eigenvalue weighted by atomic mass is 9.96. The molecule has 2 rings (SSSR count). The highest BCUT2D eigenvalue weighted by Gasteiger charge is 2.54. The van der Waals surface area contributed by atoms with Gasteiger partial charge in [0.2, 0.25) is 11.6 Å². The van der Waals surface area contributed by atoms with Crippen molar-refractivity contribution in [1.29, 1.82) is 0 Å². The Balaban J connectivity index is 1.86. The number of rotatable bonds is 5. The molecule has 0 aromatic carbocycles. The zero-order chi connectivity index (χ0) is 11.6. The van der Waals surface area contributed by atoms with E-state index >= 15 is 0 Å². The third-order valence-corrected chi connectivity index (χ3v) is 3.15. The second-order valence-electron chi connectivity index (χ2n) is 4.38. The second-order valence-corrected chi connectivity index (χ2v) is 4.38. The number of ether oxygens (including phenoxy) is 1. The number of amides is 1. The zero-order valence-corrected chi connectivity index (χ0v) is 9.57. The minimum absolute atomic E-state index is 0.0795. The zero-order valence-electron chi connectivity index (χ0n) is 9.57. The molecule has 1 saturated heterocycles. The fourth-order valence-corrected chi connectivity index (χ4v) is 2.22. The molecule has 0 bridgehead atoms. The first-order chi connectivity index (χ1) is 7.68. The number of hydrogen-bond acceptors (Lipinski definition) is 3. The van der Waals surface area contributed by atoms with E-state index < -0.39 is 5.72 Å². The molecule has 2 aliphatic heterocycles. The number of esters is 1. The standard InChI is InChI=1S/C12H17NO3/c1-2-3-4-5-8-13-10(14)9-12(13)7-6-11(15)16-12/h6-7H,2-5,8-9H2,1H3. The van der Waals surface area contributed by atoms with Crippen LogP contribution in [0.1, 0.15) is 39.0 Å². The van der Waals surface area contributed by atoms with Gasteiger partial charge in [-0.1, -0.05) is 26.2 Å². The van der Waals surface area contributed by atoms with Crippen molar-refractivity contribution >= 4 is 11.9 Å². The number of likely N-dealkylation sites (tertiary alicyclic amines) is 1. The summed E-state index contributed by atoms with van der Waals surface area (Å²) in [6, 6.07) is 0. The monoisotopic (exact) mass is 223 g/mol. The Morgan fingerprint density at radius 1 is 1.38 bits per heavy atom. The van der Waals surface area contributed by atoms with Gasteiger partial charge in [-0.15, -0.1) is 0 Å². The molecule has 88 valence electrons. The van der Waals surface area contributed by atoms with Crippen LogP contribution in [-0.4, -0.2) is 29.0 Å². The summed E-state index contributed by atoms with van der Waals surface area (Å²) < 4.78 is 5.18. The van der Waals surface area contributed by atoms with E-state index in [4.69, 9.17) is 4.74 Å². The van der Waals surface area contributed by atoms with E-state index in [1.807, 2.05) is 0 Å². The average Bonchev–Trinajstić information content (AvgIpc) is 2.62. The van der Waals surface area contributed by atoms with E-state index in [0.717, 1.165) is 12.8 Å². The Kier molecular flexibility index (Phi) is 2.99. The lowest BCUT2D eigenvalue weighted by Crippen LogP contribution is -2.63. The molecule has 4 nitrogen and oxygen atoms in total. The Labute approximate surface area is 95.2 Å². The van der Waals surface area contributed by atoms with Gasteiger partial charge in [-0.05, 0) is 12.5 Å². The van der Waals surface area contributed by atoms with Crippen LogP contribution in [0, 0.1) is 0 Å². The van der Waals surface area contributed by atoms with Crippen LogP contribution in [0.4, 0.5) is 0 Å². The van der Waals surface area contributed by atoms with Crippen molar-refractivity contribution in [1.82, 2.24) is 4.90 Å². The third kappa shape index (κ3) is 1.84. The fraction of sp³-hybridized carbons (Fsp3) is 0.667. The van der Waals surface area contributed by atoms with Crippen LogP contribution in [0.25, 0.3) is 0 Å². The number of nitrogens with zero attached hydrogens (tertiary/aromatic N) is 1. The summed E-state index contributed by atoms with van der Waals surface area (Å²) in [7, 11) is 0. The van der Waals surface area contributed by atoms with E-state index in [1.165, 1.54) is 18.9 Å². The molecular formula is C12H17NO3. The van der Waals surface area contributed by atoms with Gasteiger partial charge in [0.05, 0.1) is 6.42 Å². The molecule has 1 unspecified atom stereocenters. The number of hydrogen-bond donors (Lipinski definition) is 0. The molecule has 16 heavy (non-hydrogen) atoms. The van der Waals surface area contributed by atoms with Gasteiger partial charge in [-0.2, -0.15) is 0 Å². The highest BCUT2D eigenvalue weighted by atomic mass is 16.6. The molecule has 0 aromatic heterocycles. The predicted octanol–water partition coefficient (Wildman–Crippen LogP) is 1.61. The molecule has 4 heteroatoms. The van der Waals surface area contributed by atoms with Gasteiger partial charge in [-0.25, -0.2) is 4.79 Å². The van der Waals surface area contributed by atoms with Crippen LogP contribution >= 0.6 is 0 Å². The highest BCUT2D eigenvalue weighted by Crippen LogP contribution is 2.38. The summed E-state index contributed by atoms with van der Waals surface area (Å²) in [5, 5.41) is 0. The molecule has 0 aliphatic carbocycles. The van der Waals surface area contributed by atoms with Crippen LogP contribution in [0.5, 0.6) is 0 Å². The number of carbonyl (C=O) groups excluding carboxylic acids is 2. The predicted molar refractivity (Wildman–Crippen MR) is 58.4 cm³/mol. The lowest BCUT2D eigenvalue weighted by Gasteiger charge is -2.46. The molecule has 2 heterocycles. The summed E-state index contributed by atoms with van der Waals surface area (Å²) in [5.74, 6) is -0.262. The number of β-lactam (4-membered cyclic amide) rings is 1. The Hall–Kier alpha value is -1.32. The van der Waals surface area contributed by atoms with Crippen LogP contribution in [0.2, 0.25) is 0 Å². The first-order valence-electron chi connectivity index (χ1n) is 5.90. The smallest absolute Gasteiger partial charge is 0.333 e. The molecule has 2 aliphatic rings. The van der Waals surface area contributed by atoms with Crippen LogP contribution in [0.3, 0.4) is 0 Å². The highest BCUT2D eigenvalue weighted by molar-refractivity contribution is 5.92. The van der Waals surface area contributed by atoms with Crippen LogP contribution in [0.15, 0.2) is 12.2 Å². The quantitative estimate of drug-likeness (QED) is 0.404. The molecule has 1 atom stereocenters. The molecule has 0 radical (unpaired) electrons. The molecule has 0 N–H and O–H groups in total. The summed E-state index contributed by atoms with van der Waals surface area (Å²) in [4.78, 5) is 24.2. The van der Waals surface area contributed by atoms with Gasteiger partial charge in [0.1, 0.15) is 0 Å². The van der Waals surface area contributed by atoms with Crippen molar-refractivity contribution in [2.75, 3.05) is 6.54 Å². The number of carbonyl (C=O) groups is 2. The van der Waals surface area contributed by atoms with Gasteiger partial charge in [0, 0.05) is 12.6 Å². The molecule has 1 spiro atoms. The van der Waals surface area contributed by atoms with Crippen LogP contribution < -0.4 is 0 Å². The lowest BCUT2D eigenvalue weighted by molar-refractivity contribution is -0.196. The minimum atomic E-state index is -0.722. The van der Waals surface area contributed by atoms with E-state index in [0.29, 0.717) is 13.0 Å². The largest absolute Gasteiger partial charge is 0.431 e. The van der Waals surface area contributed by atoms with Gasteiger partial charge < -0.3 is 9.64 Å². The second kappa shape index (κ2) is 4.28. The Bertz CT molecular complexity index is 337. The first kappa shape index (κ1) is 11.2. The van der Waals surface area contributed by atoms with Crippen LogP contribution in [-0.2, 0) is 14.3 Å². The van der Waals surface area contributed by atoms with E-state index in [-0.39, 0.29) is 11.9 Å². The van der Waals surface area contributed by atoms with Crippen molar-refractivity contribution < 1.29 is 14.3 Å². The van der Waals surface area contributed by atoms with Crippen molar-refractivity contribution in [3.8, 4) is 0 Å². The number of unbranched alkanes of at least 4 members (excludes halogenated alkanes) is 3. The topological polar surface area (TPSA) is 46.6 Å². The van der Waals surface area contributed by atoms with E-state index in [9.17, 15) is 9.59 Å². The Morgan fingerprint density at radius 2 is 2.19 bits per heavy atom. The molecular weight excluding hydrogens is 206 g/mol. The van der Waals surface area contributed by atoms with Crippen molar-refractivity contribution in [2.45, 2.75) is 44.8 Å². The van der Waals surface area contributed by atoms with Crippen molar-refractivity contribution in [3.05, 3.63) is 12.2 Å². The van der Waals surface area contributed by atoms with Crippen molar-refractivity contribution in [2.24, 2.45) is 0 Å². The average molecular weight is 223 g/mol. The van der Waals surface area contributed by atoms with E-state index in [2.05, 4.69) is 6.92 Å². The van der Waals surface area contributed by atoms with Gasteiger partial charge in [-0.3, -0.25) is 4.79 Å². The molecule has 0 aromatic rings. The normalized spacial score (nSPS) is 27.4. The first-order valence-corrected chi connectivity index (χ1v) is 5.90. The van der Waals surface area contributed by atoms with Gasteiger partial charge >= 0.3 is 5.97 Å². The fourth-order valence-electron chi connectivity index (χ4n) is 2.22. The summed E-state index contributed by atoms with van der Waals surface area (Å²) in [5.41, 5.74) is -0.722.